The molecule has 0 radical (unpaired) electrons. The van der Waals surface area contributed by atoms with Crippen molar-refractivity contribution < 1.29 is 14.7 Å². The third-order valence-electron chi connectivity index (χ3n) is 3.58. The number of ether oxygens (including phenoxy) is 1. The largest absolute Gasteiger partial charge is 0.409 e. The summed E-state index contributed by atoms with van der Waals surface area (Å²) in [5, 5.41) is 15.3. The van der Waals surface area contributed by atoms with Gasteiger partial charge < -0.3 is 21.0 Å². The molecular weight excluding hydrogens is 362 g/mol. The molecule has 1 fully saturated rings. The number of amidine groups is 1. The molecule has 21 heavy (non-hydrogen) atoms. The first-order chi connectivity index (χ1) is 10.0. The van der Waals surface area contributed by atoms with Gasteiger partial charge in [-0.3, -0.25) is 4.79 Å². The summed E-state index contributed by atoms with van der Waals surface area (Å²) in [7, 11) is 0. The molecule has 1 heterocycles. The number of oxime groups is 1. The molecule has 8 heteroatoms. The highest BCUT2D eigenvalue weighted by molar-refractivity contribution is 9.10. The maximum atomic E-state index is 12.7. The van der Waals surface area contributed by atoms with Crippen LogP contribution in [0.15, 0.2) is 27.8 Å². The molecule has 0 saturated carbocycles. The van der Waals surface area contributed by atoms with Gasteiger partial charge in [0.1, 0.15) is 5.41 Å². The average Bonchev–Trinajstić information content (AvgIpc) is 2.51. The predicted molar refractivity (Wildman–Crippen MR) is 83.7 cm³/mol. The van der Waals surface area contributed by atoms with Crippen LogP contribution in [0.3, 0.4) is 0 Å². The fourth-order valence-electron chi connectivity index (χ4n) is 2.26. The molecule has 0 spiro atoms. The van der Waals surface area contributed by atoms with Gasteiger partial charge in [0.2, 0.25) is 5.91 Å². The standard InChI is InChI=1S/C13H15BrClN3O3/c14-10-8(15)2-1-3-9(10)17-12(19)13(11(16)18-20)4-6-21-7-5-13/h1-3,20H,4-7H2,(H2,16,18)(H,17,19). The first-order valence-corrected chi connectivity index (χ1v) is 7.49. The number of nitrogens with two attached hydrogens (primary N) is 1. The lowest BCUT2D eigenvalue weighted by molar-refractivity contribution is -0.126. The Kier molecular flexibility index (Phi) is 5.08. The third kappa shape index (κ3) is 3.14. The lowest BCUT2D eigenvalue weighted by Gasteiger charge is -2.34. The number of carbonyl (C=O) groups excluding carboxylic acids is 1. The zero-order valence-electron chi connectivity index (χ0n) is 11.1. The topological polar surface area (TPSA) is 96.9 Å². The summed E-state index contributed by atoms with van der Waals surface area (Å²) in [4.78, 5) is 12.7. The molecule has 4 N–H and O–H groups in total. The Morgan fingerprint density at radius 2 is 2.14 bits per heavy atom. The molecule has 1 saturated heterocycles. The smallest absolute Gasteiger partial charge is 0.238 e. The lowest BCUT2D eigenvalue weighted by atomic mass is 9.78. The quantitative estimate of drug-likeness (QED) is 0.327. The zero-order chi connectivity index (χ0) is 15.5. The van der Waals surface area contributed by atoms with Crippen molar-refractivity contribution in [3.8, 4) is 0 Å². The summed E-state index contributed by atoms with van der Waals surface area (Å²) in [6, 6.07) is 5.14. The molecule has 114 valence electrons. The van der Waals surface area contributed by atoms with Crippen LogP contribution >= 0.6 is 27.5 Å². The Bertz CT molecular complexity index is 574. The number of anilines is 1. The maximum absolute atomic E-state index is 12.7. The Balaban J connectivity index is 2.29. The van der Waals surface area contributed by atoms with E-state index in [4.69, 9.17) is 27.3 Å². The molecule has 0 aliphatic carbocycles. The van der Waals surface area contributed by atoms with E-state index < -0.39 is 5.41 Å². The molecule has 6 nitrogen and oxygen atoms in total. The summed E-state index contributed by atoms with van der Waals surface area (Å²) in [5.41, 5.74) is 5.21. The fourth-order valence-corrected chi connectivity index (χ4v) is 2.80. The average molecular weight is 377 g/mol. The molecular formula is C13H15BrClN3O3. The molecule has 0 aromatic heterocycles. The van der Waals surface area contributed by atoms with Crippen molar-refractivity contribution >= 4 is 45.0 Å². The van der Waals surface area contributed by atoms with E-state index in [0.29, 0.717) is 41.2 Å². The van der Waals surface area contributed by atoms with E-state index in [1.165, 1.54) is 0 Å². The van der Waals surface area contributed by atoms with Crippen LogP contribution in [-0.2, 0) is 9.53 Å². The van der Waals surface area contributed by atoms with E-state index in [2.05, 4.69) is 26.4 Å². The number of carbonyl (C=O) groups is 1. The second kappa shape index (κ2) is 6.64. The summed E-state index contributed by atoms with van der Waals surface area (Å²) in [5.74, 6) is -0.453. The normalized spacial score (nSPS) is 18.3. The van der Waals surface area contributed by atoms with Gasteiger partial charge in [0, 0.05) is 13.2 Å². The minimum atomic E-state index is -1.07. The van der Waals surface area contributed by atoms with E-state index in [9.17, 15) is 4.79 Å². The van der Waals surface area contributed by atoms with E-state index in [1.807, 2.05) is 0 Å². The maximum Gasteiger partial charge on any atom is 0.238 e. The number of hydrogen-bond acceptors (Lipinski definition) is 4. The van der Waals surface area contributed by atoms with Crippen LogP contribution in [-0.4, -0.2) is 30.2 Å². The van der Waals surface area contributed by atoms with Crippen molar-refractivity contribution in [2.75, 3.05) is 18.5 Å². The van der Waals surface area contributed by atoms with Gasteiger partial charge in [-0.05, 0) is 40.9 Å². The number of benzene rings is 1. The van der Waals surface area contributed by atoms with Gasteiger partial charge in [-0.15, -0.1) is 0 Å². The highest BCUT2D eigenvalue weighted by atomic mass is 79.9. The second-order valence-corrected chi connectivity index (χ2v) is 5.94. The summed E-state index contributed by atoms with van der Waals surface area (Å²) in [6.07, 6.45) is 0.708. The van der Waals surface area contributed by atoms with E-state index >= 15 is 0 Å². The summed E-state index contributed by atoms with van der Waals surface area (Å²) >= 11 is 9.32. The SMILES string of the molecule is N/C(=N/O)C1(C(=O)Nc2cccc(Cl)c2Br)CCOCC1. The first-order valence-electron chi connectivity index (χ1n) is 6.32. The molecule has 1 aromatic rings. The van der Waals surface area contributed by atoms with Crippen molar-refractivity contribution in [3.05, 3.63) is 27.7 Å². The molecule has 2 rings (SSSR count). The van der Waals surface area contributed by atoms with Gasteiger partial charge in [0.05, 0.1) is 15.2 Å². The summed E-state index contributed by atoms with van der Waals surface area (Å²) in [6.45, 7) is 0.751. The fraction of sp³-hybridized carbons (Fsp3) is 0.385. The van der Waals surface area contributed by atoms with Gasteiger partial charge in [-0.25, -0.2) is 0 Å². The lowest BCUT2D eigenvalue weighted by Crippen LogP contribution is -2.50. The molecule has 1 aromatic carbocycles. The Morgan fingerprint density at radius 1 is 1.48 bits per heavy atom. The van der Waals surface area contributed by atoms with E-state index in [0.717, 1.165) is 0 Å². The minimum Gasteiger partial charge on any atom is -0.409 e. The van der Waals surface area contributed by atoms with Crippen molar-refractivity contribution in [2.24, 2.45) is 16.3 Å². The van der Waals surface area contributed by atoms with Crippen molar-refractivity contribution in [2.45, 2.75) is 12.8 Å². The van der Waals surface area contributed by atoms with Gasteiger partial charge in [-0.2, -0.15) is 0 Å². The second-order valence-electron chi connectivity index (χ2n) is 4.74. The van der Waals surface area contributed by atoms with Gasteiger partial charge in [0.25, 0.3) is 0 Å². The van der Waals surface area contributed by atoms with Gasteiger partial charge in [0.15, 0.2) is 5.84 Å². The monoisotopic (exact) mass is 375 g/mol. The molecule has 1 amide bonds. The van der Waals surface area contributed by atoms with Gasteiger partial charge >= 0.3 is 0 Å². The Labute approximate surface area is 135 Å². The highest BCUT2D eigenvalue weighted by Gasteiger charge is 2.44. The zero-order valence-corrected chi connectivity index (χ0v) is 13.4. The number of nitrogens with zero attached hydrogens (tertiary/aromatic N) is 1. The van der Waals surface area contributed by atoms with Crippen molar-refractivity contribution in [3.63, 3.8) is 0 Å². The van der Waals surface area contributed by atoms with Crippen LogP contribution in [0.25, 0.3) is 0 Å². The molecule has 0 bridgehead atoms. The Morgan fingerprint density at radius 3 is 2.76 bits per heavy atom. The van der Waals surface area contributed by atoms with Crippen LogP contribution in [0.1, 0.15) is 12.8 Å². The number of amides is 1. The molecule has 0 atom stereocenters. The van der Waals surface area contributed by atoms with Crippen LogP contribution in [0.2, 0.25) is 5.02 Å². The van der Waals surface area contributed by atoms with Crippen LogP contribution in [0.5, 0.6) is 0 Å². The molecule has 1 aliphatic heterocycles. The number of nitrogens with one attached hydrogen (secondary N) is 1. The number of halogens is 2. The minimum absolute atomic E-state index is 0.110. The highest BCUT2D eigenvalue weighted by Crippen LogP contribution is 2.35. The van der Waals surface area contributed by atoms with Crippen molar-refractivity contribution in [1.29, 1.82) is 0 Å². The molecule has 0 unspecified atom stereocenters. The third-order valence-corrected chi connectivity index (χ3v) is 4.98. The Hall–Kier alpha value is -1.31. The van der Waals surface area contributed by atoms with Crippen LogP contribution in [0.4, 0.5) is 5.69 Å². The predicted octanol–water partition coefficient (Wildman–Crippen LogP) is 2.58. The van der Waals surface area contributed by atoms with Gasteiger partial charge in [-0.1, -0.05) is 22.8 Å². The van der Waals surface area contributed by atoms with Crippen LogP contribution < -0.4 is 11.1 Å². The van der Waals surface area contributed by atoms with Crippen molar-refractivity contribution in [1.82, 2.24) is 0 Å². The van der Waals surface area contributed by atoms with E-state index in [-0.39, 0.29) is 11.7 Å². The number of hydrogen-bond donors (Lipinski definition) is 3. The molecule has 1 aliphatic rings. The summed E-state index contributed by atoms with van der Waals surface area (Å²) < 4.78 is 5.85. The first kappa shape index (κ1) is 16.1. The van der Waals surface area contributed by atoms with Crippen LogP contribution in [0, 0.1) is 5.41 Å². The number of rotatable bonds is 3. The van der Waals surface area contributed by atoms with E-state index in [1.54, 1.807) is 18.2 Å².